The molecular formula is C66H40N2O2. The van der Waals surface area contributed by atoms with Gasteiger partial charge in [-0.05, 0) is 157 Å². The van der Waals surface area contributed by atoms with Crippen LogP contribution in [0.4, 0.5) is 34.1 Å². The lowest BCUT2D eigenvalue weighted by atomic mass is 10.0. The Labute approximate surface area is 402 Å². The van der Waals surface area contributed by atoms with Crippen LogP contribution >= 0.6 is 0 Å². The van der Waals surface area contributed by atoms with E-state index in [4.69, 9.17) is 8.83 Å². The Hall–Kier alpha value is -9.38. The van der Waals surface area contributed by atoms with Gasteiger partial charge in [-0.3, -0.25) is 0 Å². The largest absolute Gasteiger partial charge is 0.455 e. The summed E-state index contributed by atoms with van der Waals surface area (Å²) in [4.78, 5) is 4.68. The van der Waals surface area contributed by atoms with Crippen LogP contribution in [-0.2, 0) is 0 Å². The van der Waals surface area contributed by atoms with Crippen LogP contribution in [0.1, 0.15) is 0 Å². The van der Waals surface area contributed by atoms with Crippen LogP contribution in [0.5, 0.6) is 0 Å². The van der Waals surface area contributed by atoms with Gasteiger partial charge >= 0.3 is 0 Å². The smallest absolute Gasteiger partial charge is 0.143 e. The van der Waals surface area contributed by atoms with Gasteiger partial charge in [-0.2, -0.15) is 0 Å². The van der Waals surface area contributed by atoms with Gasteiger partial charge in [0, 0.05) is 72.5 Å². The zero-order valence-corrected chi connectivity index (χ0v) is 37.8. The molecule has 0 fully saturated rings. The lowest BCUT2D eigenvalue weighted by Crippen LogP contribution is -2.09. The molecule has 4 heteroatoms. The van der Waals surface area contributed by atoms with Gasteiger partial charge in [-0.15, -0.1) is 0 Å². The number of furan rings is 2. The van der Waals surface area contributed by atoms with Crippen molar-refractivity contribution in [2.45, 2.75) is 0 Å². The summed E-state index contributed by atoms with van der Waals surface area (Å²) in [6.07, 6.45) is 0. The normalized spacial score (nSPS) is 12.0. The number of anilines is 6. The van der Waals surface area contributed by atoms with Crippen LogP contribution in [0.3, 0.4) is 0 Å². The number of para-hydroxylation sites is 2. The SMILES string of the molecule is c1ccc(N(c2ccc3c(ccc4ccccc43)c2)c2ccc3c(ccc4c5cc6c(cc5oc34)oc3c4ccc(N(c5ccccc5)c5ccc7c(ccc8ccccc87)c5)cc4ccc63)c2)cc1. The Bertz CT molecular complexity index is 4320. The number of fused-ring (bicyclic) bond motifs is 16. The summed E-state index contributed by atoms with van der Waals surface area (Å²) >= 11 is 0. The molecule has 0 spiro atoms. The third kappa shape index (κ3) is 5.97. The van der Waals surface area contributed by atoms with E-state index in [-0.39, 0.29) is 0 Å². The summed E-state index contributed by atoms with van der Waals surface area (Å²) in [6, 6.07) is 87.5. The second-order valence-electron chi connectivity index (χ2n) is 18.5. The molecule has 0 bridgehead atoms. The Morgan fingerprint density at radius 2 is 0.529 bits per heavy atom. The lowest BCUT2D eigenvalue weighted by molar-refractivity contribution is 0.660. The maximum absolute atomic E-state index is 6.81. The Kier molecular flexibility index (Phi) is 8.33. The highest BCUT2D eigenvalue weighted by Gasteiger charge is 2.20. The van der Waals surface area contributed by atoms with E-state index in [1.807, 2.05) is 0 Å². The van der Waals surface area contributed by atoms with Gasteiger partial charge in [-0.25, -0.2) is 0 Å². The van der Waals surface area contributed by atoms with E-state index in [0.29, 0.717) is 0 Å². The number of hydrogen-bond acceptors (Lipinski definition) is 4. The average molecular weight is 893 g/mol. The number of rotatable bonds is 6. The molecule has 0 atom stereocenters. The molecule has 4 nitrogen and oxygen atoms in total. The number of benzene rings is 13. The van der Waals surface area contributed by atoms with Crippen molar-refractivity contribution >= 4 is 143 Å². The quantitative estimate of drug-likeness (QED) is 0.156. The first-order valence-electron chi connectivity index (χ1n) is 23.9. The van der Waals surface area contributed by atoms with E-state index >= 15 is 0 Å². The number of hydrogen-bond donors (Lipinski definition) is 0. The molecular weight excluding hydrogens is 853 g/mol. The molecule has 70 heavy (non-hydrogen) atoms. The van der Waals surface area contributed by atoms with Gasteiger partial charge < -0.3 is 18.6 Å². The van der Waals surface area contributed by atoms with Gasteiger partial charge in [0.2, 0.25) is 0 Å². The predicted molar refractivity (Wildman–Crippen MR) is 295 cm³/mol. The zero-order chi connectivity index (χ0) is 45.9. The molecule has 0 radical (unpaired) electrons. The second kappa shape index (κ2) is 15.1. The minimum atomic E-state index is 0.807. The van der Waals surface area contributed by atoms with Crippen LogP contribution in [0, 0.1) is 0 Å². The van der Waals surface area contributed by atoms with Crippen LogP contribution in [0.2, 0.25) is 0 Å². The standard InChI is InChI=1S/C66H40N2O2/c1-3-13-47(14-4-1)67(49-25-31-55-43(35-49)21-19-41-11-7-9-17-53(41)55)51-27-33-57-45(37-51)23-29-59-61-39-62-60-30-24-46-38-52(28-34-58(46)66(60)70-64(62)40-63(61)69-65(57)59)68(48-15-5-2-6-16-48)50-26-32-56-44(36-50)22-20-42-12-8-10-18-54(42)56/h1-40H. The summed E-state index contributed by atoms with van der Waals surface area (Å²) in [5, 5.41) is 18.6. The predicted octanol–water partition coefficient (Wildman–Crippen LogP) is 19.3. The summed E-state index contributed by atoms with van der Waals surface area (Å²) in [5.41, 5.74) is 9.91. The monoisotopic (exact) mass is 892 g/mol. The molecule has 13 aromatic carbocycles. The molecule has 15 rings (SSSR count). The minimum Gasteiger partial charge on any atom is -0.455 e. The van der Waals surface area contributed by atoms with Crippen LogP contribution < -0.4 is 9.80 Å². The Balaban J connectivity index is 0.811. The van der Waals surface area contributed by atoms with Crippen LogP contribution in [-0.4, -0.2) is 0 Å². The van der Waals surface area contributed by atoms with Crippen molar-refractivity contribution in [1.82, 2.24) is 0 Å². The van der Waals surface area contributed by atoms with Crippen molar-refractivity contribution in [2.75, 3.05) is 9.80 Å². The first-order chi connectivity index (χ1) is 34.7. The van der Waals surface area contributed by atoms with Crippen LogP contribution in [0.15, 0.2) is 251 Å². The average Bonchev–Trinajstić information content (AvgIpc) is 3.98. The number of nitrogens with zero attached hydrogens (tertiary/aromatic N) is 2. The summed E-state index contributed by atoms with van der Waals surface area (Å²) in [7, 11) is 0. The summed E-state index contributed by atoms with van der Waals surface area (Å²) in [6.45, 7) is 0. The molecule has 0 amide bonds. The molecule has 2 heterocycles. The molecule has 0 aliphatic carbocycles. The molecule has 15 aromatic rings. The van der Waals surface area contributed by atoms with Crippen molar-refractivity contribution in [1.29, 1.82) is 0 Å². The van der Waals surface area contributed by atoms with Gasteiger partial charge in [0.05, 0.1) is 0 Å². The maximum atomic E-state index is 6.81. The fraction of sp³-hybridized carbons (Fsp3) is 0. The molecule has 0 saturated carbocycles. The van der Waals surface area contributed by atoms with Crippen molar-refractivity contribution in [3.05, 3.63) is 243 Å². The highest BCUT2D eigenvalue weighted by atomic mass is 16.3. The van der Waals surface area contributed by atoms with E-state index in [1.54, 1.807) is 0 Å². The Morgan fingerprint density at radius 3 is 0.971 bits per heavy atom. The third-order valence-electron chi connectivity index (χ3n) is 14.5. The van der Waals surface area contributed by atoms with Crippen molar-refractivity contribution in [3.63, 3.8) is 0 Å². The van der Waals surface area contributed by atoms with Crippen LogP contribution in [0.25, 0.3) is 109 Å². The molecule has 2 aromatic heterocycles. The molecule has 0 N–H and O–H groups in total. The van der Waals surface area contributed by atoms with Crippen molar-refractivity contribution < 1.29 is 8.83 Å². The fourth-order valence-corrected chi connectivity index (χ4v) is 11.2. The van der Waals surface area contributed by atoms with Gasteiger partial charge in [-0.1, -0.05) is 133 Å². The minimum absolute atomic E-state index is 0.807. The zero-order valence-electron chi connectivity index (χ0n) is 37.8. The molecule has 326 valence electrons. The fourth-order valence-electron chi connectivity index (χ4n) is 11.2. The molecule has 0 aliphatic heterocycles. The highest BCUT2D eigenvalue weighted by Crippen LogP contribution is 2.45. The van der Waals surface area contributed by atoms with E-state index < -0.39 is 0 Å². The third-order valence-corrected chi connectivity index (χ3v) is 14.5. The second-order valence-corrected chi connectivity index (χ2v) is 18.5. The lowest BCUT2D eigenvalue weighted by Gasteiger charge is -2.26. The van der Waals surface area contributed by atoms with E-state index in [1.165, 1.54) is 43.1 Å². The first kappa shape index (κ1) is 38.7. The van der Waals surface area contributed by atoms with E-state index in [0.717, 1.165) is 99.5 Å². The summed E-state index contributed by atoms with van der Waals surface area (Å²) < 4.78 is 13.6. The molecule has 0 aliphatic rings. The Morgan fingerprint density at radius 1 is 0.200 bits per heavy atom. The first-order valence-corrected chi connectivity index (χ1v) is 23.9. The highest BCUT2D eigenvalue weighted by molar-refractivity contribution is 6.22. The van der Waals surface area contributed by atoms with Gasteiger partial charge in [0.25, 0.3) is 0 Å². The molecule has 0 unspecified atom stereocenters. The van der Waals surface area contributed by atoms with Gasteiger partial charge in [0.1, 0.15) is 22.3 Å². The maximum Gasteiger partial charge on any atom is 0.143 e. The van der Waals surface area contributed by atoms with Crippen molar-refractivity contribution in [3.8, 4) is 0 Å². The summed E-state index contributed by atoms with van der Waals surface area (Å²) in [5.74, 6) is 0. The van der Waals surface area contributed by atoms with E-state index in [2.05, 4.69) is 252 Å². The topological polar surface area (TPSA) is 32.8 Å². The molecule has 0 saturated heterocycles. The van der Waals surface area contributed by atoms with Gasteiger partial charge in [0.15, 0.2) is 0 Å². The van der Waals surface area contributed by atoms with Crippen molar-refractivity contribution in [2.24, 2.45) is 0 Å². The van der Waals surface area contributed by atoms with E-state index in [9.17, 15) is 0 Å².